The smallest absolute Gasteiger partial charge is 0.249 e. The lowest BCUT2D eigenvalue weighted by Gasteiger charge is -2.21. The summed E-state index contributed by atoms with van der Waals surface area (Å²) < 4.78 is 0. The fourth-order valence-corrected chi connectivity index (χ4v) is 3.04. The van der Waals surface area contributed by atoms with E-state index in [1.807, 2.05) is 18.2 Å². The molecular formula is C21H28N4O4. The van der Waals surface area contributed by atoms with Crippen molar-refractivity contribution in [1.29, 1.82) is 0 Å². The van der Waals surface area contributed by atoms with E-state index in [9.17, 15) is 19.2 Å². The summed E-state index contributed by atoms with van der Waals surface area (Å²) in [7, 11) is 0. The lowest BCUT2D eigenvalue weighted by molar-refractivity contribution is -0.136. The molecule has 2 atom stereocenters. The van der Waals surface area contributed by atoms with Gasteiger partial charge in [-0.2, -0.15) is 0 Å². The number of carbonyl (C=O) groups excluding carboxylic acids is 4. The molecule has 2 rings (SSSR count). The molecule has 0 aromatic heterocycles. The Morgan fingerprint density at radius 1 is 1.34 bits per heavy atom. The van der Waals surface area contributed by atoms with E-state index in [4.69, 9.17) is 0 Å². The summed E-state index contributed by atoms with van der Waals surface area (Å²) in [5.74, 6) is -1.48. The zero-order valence-electron chi connectivity index (χ0n) is 16.8. The standard InChI is InChI=1S/C21H28N4O4/c1-3-5-14(2)22-12-15-6-4-7-16(10-15)23-17(13-26)11-20(28)24-18-8-9-19(27)25-21(18)29/h4,6-7,10-11,13-14,18,22-23H,3,5,8-9,12H2,1-2H3,(H,24,28)(H,25,27,29)/b17-11+. The van der Waals surface area contributed by atoms with Gasteiger partial charge in [-0.25, -0.2) is 0 Å². The number of rotatable bonds is 10. The third-order valence-electron chi connectivity index (χ3n) is 4.56. The topological polar surface area (TPSA) is 116 Å². The van der Waals surface area contributed by atoms with Crippen LogP contribution in [0.3, 0.4) is 0 Å². The Hall–Kier alpha value is -3.00. The third-order valence-corrected chi connectivity index (χ3v) is 4.56. The van der Waals surface area contributed by atoms with Crippen LogP contribution in [0.25, 0.3) is 0 Å². The van der Waals surface area contributed by atoms with Gasteiger partial charge in [0.15, 0.2) is 6.29 Å². The maximum Gasteiger partial charge on any atom is 0.249 e. The van der Waals surface area contributed by atoms with Crippen LogP contribution in [0.5, 0.6) is 0 Å². The van der Waals surface area contributed by atoms with E-state index < -0.39 is 17.9 Å². The second-order valence-electron chi connectivity index (χ2n) is 7.13. The van der Waals surface area contributed by atoms with Crippen molar-refractivity contribution in [2.45, 2.75) is 58.2 Å². The number of hydrogen-bond donors (Lipinski definition) is 4. The average molecular weight is 400 g/mol. The Kier molecular flexibility index (Phi) is 8.54. The first-order valence-electron chi connectivity index (χ1n) is 9.81. The molecule has 0 spiro atoms. The number of benzene rings is 1. The second kappa shape index (κ2) is 11.1. The van der Waals surface area contributed by atoms with Gasteiger partial charge in [0.25, 0.3) is 0 Å². The van der Waals surface area contributed by atoms with E-state index in [1.54, 1.807) is 6.07 Å². The molecule has 156 valence electrons. The van der Waals surface area contributed by atoms with Crippen molar-refractivity contribution in [1.82, 2.24) is 16.0 Å². The molecule has 8 nitrogen and oxygen atoms in total. The fourth-order valence-electron chi connectivity index (χ4n) is 3.04. The van der Waals surface area contributed by atoms with Crippen LogP contribution in [-0.2, 0) is 25.7 Å². The maximum atomic E-state index is 12.1. The van der Waals surface area contributed by atoms with Crippen molar-refractivity contribution < 1.29 is 19.2 Å². The normalized spacial score (nSPS) is 18.0. The van der Waals surface area contributed by atoms with Crippen molar-refractivity contribution in [3.63, 3.8) is 0 Å². The minimum atomic E-state index is -0.788. The number of nitrogens with one attached hydrogen (secondary N) is 4. The van der Waals surface area contributed by atoms with Gasteiger partial charge < -0.3 is 16.0 Å². The Balaban J connectivity index is 1.95. The SMILES string of the molecule is CCCC(C)NCc1cccc(N/C(C=O)=C/C(=O)NC2CCC(=O)NC2=O)c1. The van der Waals surface area contributed by atoms with Crippen LogP contribution in [0.2, 0.25) is 0 Å². The summed E-state index contributed by atoms with van der Waals surface area (Å²) in [4.78, 5) is 46.4. The van der Waals surface area contributed by atoms with Crippen LogP contribution in [0.1, 0.15) is 45.1 Å². The molecule has 1 aliphatic rings. The summed E-state index contributed by atoms with van der Waals surface area (Å²) in [6, 6.07) is 7.18. The van der Waals surface area contributed by atoms with E-state index in [-0.39, 0.29) is 24.4 Å². The lowest BCUT2D eigenvalue weighted by atomic mass is 10.1. The molecule has 2 unspecified atom stereocenters. The Bertz CT molecular complexity index is 791. The van der Waals surface area contributed by atoms with Gasteiger partial charge in [0.2, 0.25) is 17.7 Å². The highest BCUT2D eigenvalue weighted by atomic mass is 16.2. The minimum absolute atomic E-state index is 0.0688. The van der Waals surface area contributed by atoms with Gasteiger partial charge in [0.05, 0.1) is 5.70 Å². The van der Waals surface area contributed by atoms with E-state index in [2.05, 4.69) is 35.1 Å². The molecule has 1 aromatic carbocycles. The first-order valence-corrected chi connectivity index (χ1v) is 9.81. The minimum Gasteiger partial charge on any atom is -0.353 e. The zero-order chi connectivity index (χ0) is 21.2. The van der Waals surface area contributed by atoms with Crippen LogP contribution < -0.4 is 21.3 Å². The molecule has 4 N–H and O–H groups in total. The quantitative estimate of drug-likeness (QED) is 0.268. The summed E-state index contributed by atoms with van der Waals surface area (Å²) in [6.07, 6.45) is 4.25. The largest absolute Gasteiger partial charge is 0.353 e. The molecule has 0 aliphatic carbocycles. The van der Waals surface area contributed by atoms with E-state index in [1.165, 1.54) is 0 Å². The Morgan fingerprint density at radius 2 is 2.14 bits per heavy atom. The van der Waals surface area contributed by atoms with Gasteiger partial charge >= 0.3 is 0 Å². The molecule has 0 radical (unpaired) electrons. The molecule has 1 heterocycles. The zero-order valence-corrected chi connectivity index (χ0v) is 16.8. The van der Waals surface area contributed by atoms with Crippen molar-refractivity contribution in [3.8, 4) is 0 Å². The lowest BCUT2D eigenvalue weighted by Crippen LogP contribution is -2.52. The molecule has 8 heteroatoms. The first-order chi connectivity index (χ1) is 13.9. The number of hydrogen-bond acceptors (Lipinski definition) is 6. The van der Waals surface area contributed by atoms with E-state index in [0.29, 0.717) is 24.6 Å². The molecule has 1 aliphatic heterocycles. The first kappa shape index (κ1) is 22.3. The third kappa shape index (κ3) is 7.50. The number of imide groups is 1. The van der Waals surface area contributed by atoms with Gasteiger partial charge in [0.1, 0.15) is 6.04 Å². The fraction of sp³-hybridized carbons (Fsp3) is 0.429. The Labute approximate surface area is 170 Å². The second-order valence-corrected chi connectivity index (χ2v) is 7.13. The predicted octanol–water partition coefficient (Wildman–Crippen LogP) is 1.38. The van der Waals surface area contributed by atoms with Gasteiger partial charge in [-0.05, 0) is 37.5 Å². The van der Waals surface area contributed by atoms with Crippen LogP contribution in [0.15, 0.2) is 36.0 Å². The average Bonchev–Trinajstić information content (AvgIpc) is 2.68. The van der Waals surface area contributed by atoms with Gasteiger partial charge in [-0.1, -0.05) is 25.5 Å². The van der Waals surface area contributed by atoms with E-state index in [0.717, 1.165) is 24.5 Å². The molecule has 0 bridgehead atoms. The van der Waals surface area contributed by atoms with Crippen molar-refractivity contribution in [2.24, 2.45) is 0 Å². The predicted molar refractivity (Wildman–Crippen MR) is 110 cm³/mol. The number of aldehydes is 1. The molecule has 1 aromatic rings. The molecule has 29 heavy (non-hydrogen) atoms. The van der Waals surface area contributed by atoms with Gasteiger partial charge in [0, 0.05) is 30.8 Å². The summed E-state index contributed by atoms with van der Waals surface area (Å²) >= 11 is 0. The number of piperidine rings is 1. The highest BCUT2D eigenvalue weighted by Gasteiger charge is 2.27. The molecule has 3 amide bonds. The highest BCUT2D eigenvalue weighted by molar-refractivity contribution is 6.03. The van der Waals surface area contributed by atoms with Gasteiger partial charge in [-0.3, -0.25) is 24.5 Å². The highest BCUT2D eigenvalue weighted by Crippen LogP contribution is 2.13. The molecule has 1 saturated heterocycles. The summed E-state index contributed by atoms with van der Waals surface area (Å²) in [5.41, 5.74) is 1.80. The van der Waals surface area contributed by atoms with Crippen molar-refractivity contribution in [3.05, 3.63) is 41.6 Å². The summed E-state index contributed by atoms with van der Waals surface area (Å²) in [5, 5.41) is 11.0. The van der Waals surface area contributed by atoms with Crippen LogP contribution >= 0.6 is 0 Å². The number of carbonyl (C=O) groups is 4. The van der Waals surface area contributed by atoms with Gasteiger partial charge in [-0.15, -0.1) is 0 Å². The maximum absolute atomic E-state index is 12.1. The van der Waals surface area contributed by atoms with Crippen molar-refractivity contribution in [2.75, 3.05) is 5.32 Å². The molecular weight excluding hydrogens is 372 g/mol. The number of allylic oxidation sites excluding steroid dienone is 1. The summed E-state index contributed by atoms with van der Waals surface area (Å²) in [6.45, 7) is 4.99. The van der Waals surface area contributed by atoms with Crippen LogP contribution in [0, 0.1) is 0 Å². The van der Waals surface area contributed by atoms with Crippen molar-refractivity contribution >= 4 is 29.7 Å². The van der Waals surface area contributed by atoms with Crippen LogP contribution in [0.4, 0.5) is 5.69 Å². The number of anilines is 1. The monoisotopic (exact) mass is 400 g/mol. The molecule has 0 saturated carbocycles. The van der Waals surface area contributed by atoms with Crippen LogP contribution in [-0.4, -0.2) is 36.1 Å². The molecule has 1 fully saturated rings. The van der Waals surface area contributed by atoms with E-state index >= 15 is 0 Å². The Morgan fingerprint density at radius 3 is 2.83 bits per heavy atom. The number of amides is 3.